The fourth-order valence-electron chi connectivity index (χ4n) is 7.46. The third-order valence-corrected chi connectivity index (χ3v) is 9.14. The van der Waals surface area contributed by atoms with E-state index in [9.17, 15) is 9.59 Å². The van der Waals surface area contributed by atoms with Crippen LogP contribution in [0.3, 0.4) is 0 Å². The van der Waals surface area contributed by atoms with E-state index in [0.717, 1.165) is 25.7 Å². The minimum absolute atomic E-state index is 0.111. The standard InChI is InChI=1S/C24H36O4/c1-15(27-4)28-14-22(26)21-8-7-19-18-6-5-16-13-17(25)9-11-23(16,2)20(18)10-12-24(19,21)3/h13,15,18-21H,5-12,14H2,1-4H3/t15?,18-,19-,20-,21+,23-,24-/m0/s1. The summed E-state index contributed by atoms with van der Waals surface area (Å²) >= 11 is 0. The van der Waals surface area contributed by atoms with Crippen LogP contribution in [0.4, 0.5) is 0 Å². The molecule has 0 radical (unpaired) electrons. The van der Waals surface area contributed by atoms with Crippen molar-refractivity contribution in [3.63, 3.8) is 0 Å². The van der Waals surface area contributed by atoms with Crippen molar-refractivity contribution in [1.29, 1.82) is 0 Å². The lowest BCUT2D eigenvalue weighted by molar-refractivity contribution is -0.150. The maximum absolute atomic E-state index is 13.0. The third-order valence-electron chi connectivity index (χ3n) is 9.14. The Balaban J connectivity index is 1.52. The molecule has 0 bridgehead atoms. The molecule has 3 saturated carbocycles. The third kappa shape index (κ3) is 3.11. The highest BCUT2D eigenvalue weighted by molar-refractivity contribution is 5.91. The van der Waals surface area contributed by atoms with Crippen molar-refractivity contribution in [2.24, 2.45) is 34.5 Å². The fraction of sp³-hybridized carbons (Fsp3) is 0.833. The van der Waals surface area contributed by atoms with E-state index >= 15 is 0 Å². The van der Waals surface area contributed by atoms with Gasteiger partial charge in [0, 0.05) is 19.4 Å². The van der Waals surface area contributed by atoms with Crippen LogP contribution in [0.25, 0.3) is 0 Å². The number of allylic oxidation sites excluding steroid dienone is 1. The second kappa shape index (κ2) is 7.36. The summed E-state index contributed by atoms with van der Waals surface area (Å²) < 4.78 is 10.7. The lowest BCUT2D eigenvalue weighted by atomic mass is 9.46. The number of hydrogen-bond acceptors (Lipinski definition) is 4. The van der Waals surface area contributed by atoms with Gasteiger partial charge in [0.1, 0.15) is 6.61 Å². The highest BCUT2D eigenvalue weighted by atomic mass is 16.7. The second-order valence-corrected chi connectivity index (χ2v) is 10.2. The first-order valence-corrected chi connectivity index (χ1v) is 11.2. The summed E-state index contributed by atoms with van der Waals surface area (Å²) in [5.74, 6) is 2.72. The monoisotopic (exact) mass is 388 g/mol. The first-order valence-electron chi connectivity index (χ1n) is 11.2. The van der Waals surface area contributed by atoms with Crippen LogP contribution in [-0.4, -0.2) is 31.6 Å². The van der Waals surface area contributed by atoms with Crippen molar-refractivity contribution >= 4 is 11.6 Å². The van der Waals surface area contributed by atoms with E-state index in [2.05, 4.69) is 13.8 Å². The molecule has 1 unspecified atom stereocenters. The molecule has 4 aliphatic rings. The van der Waals surface area contributed by atoms with E-state index in [4.69, 9.17) is 9.47 Å². The maximum atomic E-state index is 13.0. The topological polar surface area (TPSA) is 52.6 Å². The van der Waals surface area contributed by atoms with Crippen molar-refractivity contribution in [2.45, 2.75) is 78.4 Å². The molecule has 0 aromatic rings. The van der Waals surface area contributed by atoms with Gasteiger partial charge in [-0.15, -0.1) is 0 Å². The normalized spacial score (nSPS) is 43.6. The van der Waals surface area contributed by atoms with E-state index in [-0.39, 0.29) is 35.4 Å². The van der Waals surface area contributed by atoms with E-state index in [1.807, 2.05) is 13.0 Å². The number of rotatable bonds is 5. The number of carbonyl (C=O) groups excluding carboxylic acids is 2. The van der Waals surface area contributed by atoms with Gasteiger partial charge >= 0.3 is 0 Å². The van der Waals surface area contributed by atoms with E-state index in [1.165, 1.54) is 24.8 Å². The van der Waals surface area contributed by atoms with Gasteiger partial charge in [0.15, 0.2) is 17.9 Å². The summed E-state index contributed by atoms with van der Waals surface area (Å²) in [6.45, 7) is 6.80. The van der Waals surface area contributed by atoms with Crippen LogP contribution in [0.1, 0.15) is 72.1 Å². The van der Waals surface area contributed by atoms with Crippen LogP contribution in [0.15, 0.2) is 11.6 Å². The number of fused-ring (bicyclic) bond motifs is 5. The van der Waals surface area contributed by atoms with E-state index in [0.29, 0.717) is 30.0 Å². The van der Waals surface area contributed by atoms with Gasteiger partial charge < -0.3 is 9.47 Å². The van der Waals surface area contributed by atoms with Crippen LogP contribution in [0, 0.1) is 34.5 Å². The average molecular weight is 389 g/mol. The first kappa shape index (κ1) is 20.3. The molecule has 0 aromatic carbocycles. The van der Waals surface area contributed by atoms with Gasteiger partial charge in [-0.1, -0.05) is 19.4 Å². The molecule has 0 aliphatic heterocycles. The molecule has 0 saturated heterocycles. The van der Waals surface area contributed by atoms with Gasteiger partial charge in [-0.3, -0.25) is 9.59 Å². The molecule has 7 atom stereocenters. The highest BCUT2D eigenvalue weighted by Gasteiger charge is 2.60. The Labute approximate surface area is 169 Å². The van der Waals surface area contributed by atoms with Crippen LogP contribution in [0.5, 0.6) is 0 Å². The first-order chi connectivity index (χ1) is 13.3. The Morgan fingerprint density at radius 3 is 2.68 bits per heavy atom. The maximum Gasteiger partial charge on any atom is 0.162 e. The Hall–Kier alpha value is -1.00. The van der Waals surface area contributed by atoms with Crippen molar-refractivity contribution in [3.05, 3.63) is 11.6 Å². The number of ketones is 2. The summed E-state index contributed by atoms with van der Waals surface area (Å²) in [5, 5.41) is 0. The molecule has 156 valence electrons. The molecule has 0 N–H and O–H groups in total. The van der Waals surface area contributed by atoms with Gasteiger partial charge in [-0.2, -0.15) is 0 Å². The van der Waals surface area contributed by atoms with Crippen LogP contribution in [0.2, 0.25) is 0 Å². The highest BCUT2D eigenvalue weighted by Crippen LogP contribution is 2.66. The van der Waals surface area contributed by atoms with Crippen molar-refractivity contribution in [3.8, 4) is 0 Å². The molecular weight excluding hydrogens is 352 g/mol. The summed E-state index contributed by atoms with van der Waals surface area (Å²) in [6.07, 6.45) is 10.1. The Bertz CT molecular complexity index is 682. The number of hydrogen-bond donors (Lipinski definition) is 0. The Kier molecular flexibility index (Phi) is 5.33. The molecule has 4 aliphatic carbocycles. The largest absolute Gasteiger partial charge is 0.356 e. The van der Waals surface area contributed by atoms with Gasteiger partial charge in [0.05, 0.1) is 0 Å². The number of Topliss-reactive ketones (excluding diaryl/α,β-unsaturated/α-hetero) is 1. The van der Waals surface area contributed by atoms with E-state index in [1.54, 1.807) is 7.11 Å². The number of methoxy groups -OCH3 is 1. The molecule has 28 heavy (non-hydrogen) atoms. The Morgan fingerprint density at radius 1 is 1.14 bits per heavy atom. The van der Waals surface area contributed by atoms with Crippen molar-refractivity contribution < 1.29 is 19.1 Å². The van der Waals surface area contributed by atoms with Crippen LogP contribution >= 0.6 is 0 Å². The average Bonchev–Trinajstić information content (AvgIpc) is 3.03. The van der Waals surface area contributed by atoms with Gasteiger partial charge in [0.25, 0.3) is 0 Å². The molecule has 3 fully saturated rings. The van der Waals surface area contributed by atoms with Gasteiger partial charge in [0.2, 0.25) is 0 Å². The lowest BCUT2D eigenvalue weighted by Crippen LogP contribution is -2.51. The molecule has 4 nitrogen and oxygen atoms in total. The predicted molar refractivity (Wildman–Crippen MR) is 108 cm³/mol. The van der Waals surface area contributed by atoms with Crippen molar-refractivity contribution in [1.82, 2.24) is 0 Å². The minimum atomic E-state index is -0.331. The number of carbonyl (C=O) groups is 2. The SMILES string of the molecule is COC(C)OCC(=O)[C@H]1CC[C@H]2[C@@H]3CCC4=CC(=O)CC[C@]4(C)[C@H]3CC[C@]12C. The van der Waals surface area contributed by atoms with E-state index < -0.39 is 0 Å². The summed E-state index contributed by atoms with van der Waals surface area (Å²) in [6, 6.07) is 0. The summed E-state index contributed by atoms with van der Waals surface area (Å²) in [7, 11) is 1.61. The van der Waals surface area contributed by atoms with Gasteiger partial charge in [-0.05, 0) is 86.5 Å². The van der Waals surface area contributed by atoms with Gasteiger partial charge in [-0.25, -0.2) is 0 Å². The fourth-order valence-corrected chi connectivity index (χ4v) is 7.46. The zero-order valence-electron chi connectivity index (χ0n) is 18.0. The predicted octanol–water partition coefficient (Wildman–Crippen LogP) is 4.71. The molecule has 0 amide bonds. The molecule has 0 spiro atoms. The number of ether oxygens (including phenoxy) is 2. The van der Waals surface area contributed by atoms with Crippen molar-refractivity contribution in [2.75, 3.05) is 13.7 Å². The van der Waals surface area contributed by atoms with Crippen LogP contribution in [-0.2, 0) is 19.1 Å². The quantitative estimate of drug-likeness (QED) is 0.640. The molecule has 4 rings (SSSR count). The zero-order valence-corrected chi connectivity index (χ0v) is 18.0. The molecule has 0 heterocycles. The summed E-state index contributed by atoms with van der Waals surface area (Å²) in [5.41, 5.74) is 1.73. The molecular formula is C24H36O4. The van der Waals surface area contributed by atoms with Crippen LogP contribution < -0.4 is 0 Å². The molecule has 0 aromatic heterocycles. The Morgan fingerprint density at radius 2 is 1.93 bits per heavy atom. The smallest absolute Gasteiger partial charge is 0.162 e. The zero-order chi connectivity index (χ0) is 20.1. The lowest BCUT2D eigenvalue weighted by Gasteiger charge is -2.58. The molecule has 4 heteroatoms. The second-order valence-electron chi connectivity index (χ2n) is 10.2. The summed E-state index contributed by atoms with van der Waals surface area (Å²) in [4.78, 5) is 25.0. The minimum Gasteiger partial charge on any atom is -0.356 e.